The summed E-state index contributed by atoms with van der Waals surface area (Å²) in [6, 6.07) is 3.29. The molecule has 32 heavy (non-hydrogen) atoms. The van der Waals surface area contributed by atoms with Crippen LogP contribution in [0.1, 0.15) is 49.9 Å². The van der Waals surface area contributed by atoms with E-state index in [1.54, 1.807) is 14.7 Å². The number of rotatable bonds is 1. The molecule has 1 aromatic carbocycles. The first-order valence-electron chi connectivity index (χ1n) is 11.2. The zero-order valence-electron chi connectivity index (χ0n) is 18.9. The summed E-state index contributed by atoms with van der Waals surface area (Å²) < 4.78 is 25.0. The maximum atomic E-state index is 13.6. The Balaban J connectivity index is 1.61. The lowest BCUT2D eigenvalue weighted by Crippen LogP contribution is -2.47. The molecule has 2 unspecified atom stereocenters. The van der Waals surface area contributed by atoms with Crippen LogP contribution in [0, 0.1) is 0 Å². The van der Waals surface area contributed by atoms with Gasteiger partial charge in [-0.15, -0.1) is 0 Å². The Labute approximate surface area is 193 Å². The van der Waals surface area contributed by atoms with Crippen LogP contribution in [0.3, 0.4) is 0 Å². The number of morpholine rings is 1. The van der Waals surface area contributed by atoms with Crippen molar-refractivity contribution in [2.45, 2.75) is 58.0 Å². The number of likely N-dealkylation sites (tertiary alicyclic amines) is 1. The summed E-state index contributed by atoms with van der Waals surface area (Å²) in [5, 5.41) is 0.591. The van der Waals surface area contributed by atoms with E-state index in [9.17, 15) is 14.0 Å². The van der Waals surface area contributed by atoms with E-state index in [2.05, 4.69) is 0 Å². The van der Waals surface area contributed by atoms with Gasteiger partial charge in [0, 0.05) is 31.2 Å². The van der Waals surface area contributed by atoms with Crippen LogP contribution in [0.25, 0.3) is 0 Å². The molecule has 0 N–H and O–H groups in total. The van der Waals surface area contributed by atoms with Gasteiger partial charge in [0.15, 0.2) is 0 Å². The average Bonchev–Trinajstić information content (AvgIpc) is 3.17. The van der Waals surface area contributed by atoms with Gasteiger partial charge in [0.1, 0.15) is 11.8 Å². The summed E-state index contributed by atoms with van der Waals surface area (Å²) in [6.07, 6.45) is -0.301. The minimum atomic E-state index is -0.952. The van der Waals surface area contributed by atoms with Crippen LogP contribution in [0.2, 0.25) is 5.02 Å². The Morgan fingerprint density at radius 3 is 2.66 bits per heavy atom. The minimum Gasteiger partial charge on any atom is -0.444 e. The van der Waals surface area contributed by atoms with Crippen molar-refractivity contribution in [2.24, 2.45) is 0 Å². The standard InChI is InChI=1S/C23H31ClFN3O4/c1-23(2,3)32-22(30)28-8-9-31-14-20(28)18-11-16(24)10-15-4-6-27(13-19(15)18)21(29)26-7-5-17(25)12-26/h10-11,17,20H,4-9,12-14H2,1-3H3. The Hall–Kier alpha value is -2.06. The van der Waals surface area contributed by atoms with Gasteiger partial charge < -0.3 is 19.3 Å². The number of fused-ring (bicyclic) bond motifs is 1. The van der Waals surface area contributed by atoms with Gasteiger partial charge >= 0.3 is 12.1 Å². The molecule has 2 saturated heterocycles. The molecule has 0 spiro atoms. The second-order valence-electron chi connectivity index (χ2n) is 9.68. The number of ether oxygens (including phenoxy) is 2. The van der Waals surface area contributed by atoms with Crippen molar-refractivity contribution in [2.75, 3.05) is 39.4 Å². The van der Waals surface area contributed by atoms with E-state index in [0.717, 1.165) is 16.7 Å². The molecule has 0 aromatic heterocycles. The van der Waals surface area contributed by atoms with Crippen molar-refractivity contribution in [3.05, 3.63) is 33.8 Å². The normalized spacial score (nSPS) is 23.8. The number of hydrogen-bond acceptors (Lipinski definition) is 4. The molecule has 9 heteroatoms. The van der Waals surface area contributed by atoms with E-state index >= 15 is 0 Å². The van der Waals surface area contributed by atoms with Crippen LogP contribution in [-0.4, -0.2) is 78.0 Å². The van der Waals surface area contributed by atoms with Gasteiger partial charge in [0.05, 0.1) is 25.8 Å². The molecule has 3 heterocycles. The smallest absolute Gasteiger partial charge is 0.410 e. The molecule has 2 atom stereocenters. The summed E-state index contributed by atoms with van der Waals surface area (Å²) in [5.74, 6) is 0. The summed E-state index contributed by atoms with van der Waals surface area (Å²) in [4.78, 5) is 31.0. The molecule has 0 bridgehead atoms. The lowest BCUT2D eigenvalue weighted by molar-refractivity contribution is -0.0334. The van der Waals surface area contributed by atoms with Gasteiger partial charge in [0.2, 0.25) is 0 Å². The molecular weight excluding hydrogens is 437 g/mol. The first-order chi connectivity index (χ1) is 15.1. The van der Waals surface area contributed by atoms with Crippen molar-refractivity contribution in [1.29, 1.82) is 0 Å². The molecule has 2 fully saturated rings. The predicted molar refractivity (Wildman–Crippen MR) is 119 cm³/mol. The van der Waals surface area contributed by atoms with E-state index in [1.165, 1.54) is 0 Å². The van der Waals surface area contributed by atoms with Gasteiger partial charge in [0.25, 0.3) is 0 Å². The molecule has 3 aliphatic heterocycles. The molecule has 7 nitrogen and oxygen atoms in total. The number of hydrogen-bond donors (Lipinski definition) is 0. The maximum Gasteiger partial charge on any atom is 0.410 e. The van der Waals surface area contributed by atoms with Crippen LogP contribution < -0.4 is 0 Å². The van der Waals surface area contributed by atoms with Crippen LogP contribution >= 0.6 is 11.6 Å². The zero-order chi connectivity index (χ0) is 23.0. The fourth-order valence-electron chi connectivity index (χ4n) is 4.61. The van der Waals surface area contributed by atoms with Crippen molar-refractivity contribution < 1.29 is 23.5 Å². The van der Waals surface area contributed by atoms with Crippen molar-refractivity contribution in [1.82, 2.24) is 14.7 Å². The first-order valence-corrected chi connectivity index (χ1v) is 11.6. The molecule has 3 aliphatic rings. The minimum absolute atomic E-state index is 0.138. The predicted octanol–water partition coefficient (Wildman–Crippen LogP) is 4.17. The summed E-state index contributed by atoms with van der Waals surface area (Å²) in [6.45, 7) is 8.23. The Morgan fingerprint density at radius 2 is 1.97 bits per heavy atom. The highest BCUT2D eigenvalue weighted by molar-refractivity contribution is 6.30. The number of carbonyl (C=O) groups is 2. The molecule has 3 amide bonds. The van der Waals surface area contributed by atoms with Gasteiger partial charge in [-0.05, 0) is 62.4 Å². The largest absolute Gasteiger partial charge is 0.444 e. The van der Waals surface area contributed by atoms with Crippen molar-refractivity contribution in [3.8, 4) is 0 Å². The third-order valence-electron chi connectivity index (χ3n) is 6.13. The van der Waals surface area contributed by atoms with E-state index < -0.39 is 17.9 Å². The summed E-state index contributed by atoms with van der Waals surface area (Å²) >= 11 is 6.45. The highest BCUT2D eigenvalue weighted by Crippen LogP contribution is 2.35. The van der Waals surface area contributed by atoms with Gasteiger partial charge in [-0.1, -0.05) is 11.6 Å². The Kier molecular flexibility index (Phi) is 6.54. The van der Waals surface area contributed by atoms with Gasteiger partial charge in [-0.3, -0.25) is 4.90 Å². The number of urea groups is 1. The SMILES string of the molecule is CC(C)(C)OC(=O)N1CCOCC1c1cc(Cl)cc2c1CN(C(=O)N1CCC(F)C1)CC2. The highest BCUT2D eigenvalue weighted by atomic mass is 35.5. The van der Waals surface area contributed by atoms with E-state index in [4.69, 9.17) is 21.1 Å². The van der Waals surface area contributed by atoms with Gasteiger partial charge in [-0.2, -0.15) is 0 Å². The lowest BCUT2D eigenvalue weighted by atomic mass is 9.90. The fourth-order valence-corrected chi connectivity index (χ4v) is 4.86. The number of benzene rings is 1. The van der Waals surface area contributed by atoms with Gasteiger partial charge in [-0.25, -0.2) is 14.0 Å². The third-order valence-corrected chi connectivity index (χ3v) is 6.35. The second-order valence-corrected chi connectivity index (χ2v) is 10.1. The molecule has 0 aliphatic carbocycles. The van der Waals surface area contributed by atoms with Crippen LogP contribution in [0.4, 0.5) is 14.0 Å². The van der Waals surface area contributed by atoms with Crippen LogP contribution in [0.5, 0.6) is 0 Å². The lowest BCUT2D eigenvalue weighted by Gasteiger charge is -2.39. The van der Waals surface area contributed by atoms with E-state index in [0.29, 0.717) is 57.3 Å². The van der Waals surface area contributed by atoms with E-state index in [-0.39, 0.29) is 18.6 Å². The summed E-state index contributed by atoms with van der Waals surface area (Å²) in [7, 11) is 0. The quantitative estimate of drug-likeness (QED) is 0.622. The molecule has 4 rings (SSSR count). The van der Waals surface area contributed by atoms with Crippen molar-refractivity contribution in [3.63, 3.8) is 0 Å². The molecule has 176 valence electrons. The molecule has 0 saturated carbocycles. The number of halogens is 2. The Morgan fingerprint density at radius 1 is 1.19 bits per heavy atom. The Bertz CT molecular complexity index is 891. The maximum absolute atomic E-state index is 13.6. The highest BCUT2D eigenvalue weighted by Gasteiger charge is 2.36. The first kappa shape index (κ1) is 23.1. The molecule has 0 radical (unpaired) electrons. The third kappa shape index (κ3) is 4.96. The number of amides is 3. The van der Waals surface area contributed by atoms with Crippen LogP contribution in [-0.2, 0) is 22.4 Å². The molecular formula is C23H31ClFN3O4. The van der Waals surface area contributed by atoms with Crippen LogP contribution in [0.15, 0.2) is 12.1 Å². The summed E-state index contributed by atoms with van der Waals surface area (Å²) in [5.41, 5.74) is 2.31. The zero-order valence-corrected chi connectivity index (χ0v) is 19.7. The number of nitrogens with zero attached hydrogens (tertiary/aromatic N) is 3. The second kappa shape index (κ2) is 9.06. The number of alkyl halides is 1. The molecule has 1 aromatic rings. The number of carbonyl (C=O) groups excluding carboxylic acids is 2. The average molecular weight is 468 g/mol. The van der Waals surface area contributed by atoms with Crippen molar-refractivity contribution >= 4 is 23.7 Å². The topological polar surface area (TPSA) is 62.3 Å². The monoisotopic (exact) mass is 467 g/mol. The van der Waals surface area contributed by atoms with E-state index in [1.807, 2.05) is 32.9 Å². The fraction of sp³-hybridized carbons (Fsp3) is 0.652.